The standard InChI is InChI=1S/C12H24N2O3.C7H8O.2H2/c1-12(2,3)17-11(16)14-9-7-5-4-6-8-10(13)15;8-6-7-4-2-1-3-5-7;;/h4-9H2,1-3H3,(H2,13,15)(H,14,16);1-5,8H,6H2;2*1H. The van der Waals surface area contributed by atoms with E-state index in [2.05, 4.69) is 5.32 Å². The van der Waals surface area contributed by atoms with E-state index in [1.54, 1.807) is 0 Å². The summed E-state index contributed by atoms with van der Waals surface area (Å²) in [5.41, 5.74) is 5.53. The number of aliphatic hydroxyl groups excluding tert-OH is 1. The monoisotopic (exact) mass is 356 g/mol. The molecule has 0 saturated heterocycles. The Morgan fingerprint density at radius 3 is 2.20 bits per heavy atom. The van der Waals surface area contributed by atoms with Gasteiger partial charge >= 0.3 is 6.09 Å². The van der Waals surface area contributed by atoms with Crippen LogP contribution < -0.4 is 11.1 Å². The van der Waals surface area contributed by atoms with Gasteiger partial charge in [0.05, 0.1) is 6.61 Å². The summed E-state index contributed by atoms with van der Waals surface area (Å²) in [5.74, 6) is -0.253. The first-order valence-corrected chi connectivity index (χ1v) is 8.64. The number of hydrogen-bond donors (Lipinski definition) is 3. The number of nitrogens with two attached hydrogens (primary N) is 1. The number of nitrogens with one attached hydrogen (secondary N) is 1. The van der Waals surface area contributed by atoms with E-state index in [1.807, 2.05) is 51.1 Å². The largest absolute Gasteiger partial charge is 0.444 e. The van der Waals surface area contributed by atoms with Crippen molar-refractivity contribution in [2.24, 2.45) is 5.73 Å². The summed E-state index contributed by atoms with van der Waals surface area (Å²) < 4.78 is 5.09. The summed E-state index contributed by atoms with van der Waals surface area (Å²) in [6, 6.07) is 9.52. The highest BCUT2D eigenvalue weighted by atomic mass is 16.6. The van der Waals surface area contributed by atoms with Crippen LogP contribution in [0.25, 0.3) is 0 Å². The molecule has 0 bridgehead atoms. The third-order valence-electron chi connectivity index (χ3n) is 3.04. The van der Waals surface area contributed by atoms with Gasteiger partial charge in [0.15, 0.2) is 0 Å². The maximum Gasteiger partial charge on any atom is 0.407 e. The van der Waals surface area contributed by atoms with Crippen molar-refractivity contribution in [3.8, 4) is 0 Å². The zero-order valence-electron chi connectivity index (χ0n) is 15.6. The quantitative estimate of drug-likeness (QED) is 0.619. The van der Waals surface area contributed by atoms with E-state index in [-0.39, 0.29) is 21.5 Å². The number of ether oxygens (including phenoxy) is 1. The Bertz CT molecular complexity index is 494. The summed E-state index contributed by atoms with van der Waals surface area (Å²) in [6.45, 7) is 6.23. The van der Waals surface area contributed by atoms with Crippen LogP contribution in [-0.2, 0) is 16.1 Å². The van der Waals surface area contributed by atoms with Gasteiger partial charge in [-0.1, -0.05) is 43.2 Å². The van der Waals surface area contributed by atoms with Gasteiger partial charge in [0.1, 0.15) is 5.60 Å². The smallest absolute Gasteiger partial charge is 0.407 e. The Morgan fingerprint density at radius 1 is 1.12 bits per heavy atom. The maximum absolute atomic E-state index is 11.2. The highest BCUT2D eigenvalue weighted by molar-refractivity contribution is 5.73. The second kappa shape index (κ2) is 13.2. The number of amides is 2. The lowest BCUT2D eigenvalue weighted by Crippen LogP contribution is -2.32. The minimum Gasteiger partial charge on any atom is -0.444 e. The Hall–Kier alpha value is -2.08. The molecule has 25 heavy (non-hydrogen) atoms. The van der Waals surface area contributed by atoms with Crippen LogP contribution >= 0.6 is 0 Å². The number of rotatable bonds is 8. The van der Waals surface area contributed by atoms with Gasteiger partial charge in [-0.05, 0) is 39.2 Å². The lowest BCUT2D eigenvalue weighted by atomic mass is 10.1. The first kappa shape index (κ1) is 22.9. The fourth-order valence-corrected chi connectivity index (χ4v) is 1.87. The first-order chi connectivity index (χ1) is 11.7. The number of aliphatic hydroxyl groups is 1. The van der Waals surface area contributed by atoms with Gasteiger partial charge in [0, 0.05) is 15.8 Å². The Kier molecular flexibility index (Phi) is 12.1. The molecular weight excluding hydrogens is 320 g/mol. The number of carbonyl (C=O) groups is 2. The first-order valence-electron chi connectivity index (χ1n) is 8.64. The third-order valence-corrected chi connectivity index (χ3v) is 3.04. The predicted molar refractivity (Wildman–Crippen MR) is 103 cm³/mol. The highest BCUT2D eigenvalue weighted by Crippen LogP contribution is 2.06. The van der Waals surface area contributed by atoms with Crippen molar-refractivity contribution in [2.75, 3.05) is 6.54 Å². The van der Waals surface area contributed by atoms with E-state index in [0.717, 1.165) is 31.2 Å². The van der Waals surface area contributed by atoms with E-state index in [9.17, 15) is 9.59 Å². The van der Waals surface area contributed by atoms with Crippen LogP contribution in [0.2, 0.25) is 0 Å². The van der Waals surface area contributed by atoms with Crippen LogP contribution in [-0.4, -0.2) is 29.3 Å². The summed E-state index contributed by atoms with van der Waals surface area (Å²) in [4.78, 5) is 21.7. The van der Waals surface area contributed by atoms with Crippen LogP contribution in [0.15, 0.2) is 30.3 Å². The van der Waals surface area contributed by atoms with Crippen molar-refractivity contribution in [1.82, 2.24) is 5.32 Å². The van der Waals surface area contributed by atoms with Gasteiger partial charge in [-0.2, -0.15) is 0 Å². The molecule has 0 aliphatic heterocycles. The van der Waals surface area contributed by atoms with E-state index < -0.39 is 5.60 Å². The number of unbranched alkanes of at least 4 members (excludes halogenated alkanes) is 3. The normalized spacial score (nSPS) is 10.4. The topological polar surface area (TPSA) is 102 Å². The molecule has 6 nitrogen and oxygen atoms in total. The molecule has 0 fully saturated rings. The number of alkyl carbamates (subject to hydrolysis) is 1. The van der Waals surface area contributed by atoms with Crippen LogP contribution in [0.1, 0.15) is 61.3 Å². The fraction of sp³-hybridized carbons (Fsp3) is 0.579. The van der Waals surface area contributed by atoms with Gasteiger partial charge in [-0.25, -0.2) is 4.79 Å². The van der Waals surface area contributed by atoms with Gasteiger partial charge in [0.25, 0.3) is 0 Å². The molecule has 1 aromatic carbocycles. The summed E-state index contributed by atoms with van der Waals surface area (Å²) in [5, 5.41) is 11.2. The molecule has 146 valence electrons. The van der Waals surface area contributed by atoms with Gasteiger partial charge in [-0.3, -0.25) is 4.79 Å². The SMILES string of the molecule is CC(C)(C)OC(=O)NCCCCCCC(N)=O.OCc1ccccc1.[HH].[HH]. The number of hydrogen-bond acceptors (Lipinski definition) is 4. The average molecular weight is 357 g/mol. The van der Waals surface area contributed by atoms with E-state index >= 15 is 0 Å². The molecule has 0 spiro atoms. The number of carbonyl (C=O) groups excluding carboxylic acids is 2. The lowest BCUT2D eigenvalue weighted by molar-refractivity contribution is -0.118. The van der Waals surface area contributed by atoms with Crippen molar-refractivity contribution in [1.29, 1.82) is 0 Å². The van der Waals surface area contributed by atoms with Gasteiger partial charge < -0.3 is 20.9 Å². The predicted octanol–water partition coefficient (Wildman–Crippen LogP) is 3.62. The fourth-order valence-electron chi connectivity index (χ4n) is 1.87. The molecule has 0 radical (unpaired) electrons. The van der Waals surface area contributed by atoms with Crippen molar-refractivity contribution in [2.45, 2.75) is 65.1 Å². The summed E-state index contributed by atoms with van der Waals surface area (Å²) >= 11 is 0. The molecule has 0 aliphatic carbocycles. The van der Waals surface area contributed by atoms with Crippen LogP contribution in [0, 0.1) is 0 Å². The molecule has 1 rings (SSSR count). The second-order valence-corrected chi connectivity index (χ2v) is 6.70. The van der Waals surface area contributed by atoms with Crippen LogP contribution in [0.5, 0.6) is 0 Å². The second-order valence-electron chi connectivity index (χ2n) is 6.70. The van der Waals surface area contributed by atoms with E-state index in [0.29, 0.717) is 13.0 Å². The Balaban J connectivity index is -0.000000485. The van der Waals surface area contributed by atoms with Crippen LogP contribution in [0.4, 0.5) is 4.79 Å². The summed E-state index contributed by atoms with van der Waals surface area (Å²) in [7, 11) is 0. The molecule has 6 heteroatoms. The van der Waals surface area contributed by atoms with Gasteiger partial charge in [0.2, 0.25) is 5.91 Å². The van der Waals surface area contributed by atoms with Gasteiger partial charge in [-0.15, -0.1) is 0 Å². The minimum absolute atomic E-state index is 0. The van der Waals surface area contributed by atoms with Crippen molar-refractivity contribution in [3.05, 3.63) is 35.9 Å². The highest BCUT2D eigenvalue weighted by Gasteiger charge is 2.15. The molecule has 0 heterocycles. The van der Waals surface area contributed by atoms with E-state index in [4.69, 9.17) is 15.6 Å². The molecule has 0 aromatic heterocycles. The minimum atomic E-state index is -0.453. The molecular formula is C19H36N2O4. The summed E-state index contributed by atoms with van der Waals surface area (Å²) in [6.07, 6.45) is 3.70. The molecule has 0 aliphatic rings. The molecule has 0 unspecified atom stereocenters. The molecule has 2 amide bonds. The molecule has 0 saturated carbocycles. The van der Waals surface area contributed by atoms with Crippen LogP contribution in [0.3, 0.4) is 0 Å². The van der Waals surface area contributed by atoms with E-state index in [1.165, 1.54) is 0 Å². The average Bonchev–Trinajstić information content (AvgIpc) is 2.53. The van der Waals surface area contributed by atoms with Crippen molar-refractivity contribution in [3.63, 3.8) is 0 Å². The van der Waals surface area contributed by atoms with Crippen molar-refractivity contribution < 1.29 is 22.3 Å². The Labute approximate surface area is 153 Å². The molecule has 4 N–H and O–H groups in total. The zero-order valence-corrected chi connectivity index (χ0v) is 15.6. The zero-order chi connectivity index (χ0) is 19.1. The maximum atomic E-state index is 11.2. The van der Waals surface area contributed by atoms with Crippen molar-refractivity contribution >= 4 is 12.0 Å². The number of benzene rings is 1. The lowest BCUT2D eigenvalue weighted by Gasteiger charge is -2.19. The Morgan fingerprint density at radius 2 is 1.72 bits per heavy atom. The molecule has 0 atom stereocenters. The molecule has 1 aromatic rings. The third kappa shape index (κ3) is 16.6. The number of primary amides is 1.